The number of rotatable bonds is 2. The Morgan fingerprint density at radius 2 is 1.78 bits per heavy atom. The van der Waals surface area contributed by atoms with Crippen molar-refractivity contribution in [3.8, 4) is 0 Å². The number of anilines is 1. The lowest BCUT2D eigenvalue weighted by atomic mass is 9.77. The lowest BCUT2D eigenvalue weighted by Crippen LogP contribution is -2.39. The molecule has 2 heterocycles. The van der Waals surface area contributed by atoms with Crippen LogP contribution in [0.5, 0.6) is 0 Å². The lowest BCUT2D eigenvalue weighted by molar-refractivity contribution is 0.226. The van der Waals surface area contributed by atoms with E-state index in [1.807, 2.05) is 12.1 Å². The predicted molar refractivity (Wildman–Crippen MR) is 70.3 cm³/mol. The molecule has 0 unspecified atom stereocenters. The molecule has 4 nitrogen and oxygen atoms in total. The molecule has 0 amide bonds. The van der Waals surface area contributed by atoms with Gasteiger partial charge >= 0.3 is 0 Å². The minimum Gasteiger partial charge on any atom is -0.390 e. The third-order valence-electron chi connectivity index (χ3n) is 4.68. The van der Waals surface area contributed by atoms with Crippen molar-refractivity contribution in [2.24, 2.45) is 5.41 Å². The quantitative estimate of drug-likeness (QED) is 0.869. The van der Waals surface area contributed by atoms with Gasteiger partial charge in [-0.2, -0.15) is 5.10 Å². The van der Waals surface area contributed by atoms with Crippen molar-refractivity contribution in [2.75, 3.05) is 18.0 Å². The first-order chi connectivity index (χ1) is 8.81. The van der Waals surface area contributed by atoms with E-state index >= 15 is 0 Å². The Bertz CT molecular complexity index is 388. The van der Waals surface area contributed by atoms with Crippen LogP contribution in [-0.2, 0) is 6.61 Å². The molecule has 1 saturated carbocycles. The van der Waals surface area contributed by atoms with E-state index < -0.39 is 0 Å². The van der Waals surface area contributed by atoms with Crippen LogP contribution in [-0.4, -0.2) is 28.4 Å². The highest BCUT2D eigenvalue weighted by Crippen LogP contribution is 2.46. The predicted octanol–water partition coefficient (Wildman–Crippen LogP) is 2.13. The molecular weight excluding hydrogens is 226 g/mol. The third kappa shape index (κ3) is 2.21. The van der Waals surface area contributed by atoms with E-state index in [2.05, 4.69) is 15.1 Å². The summed E-state index contributed by atoms with van der Waals surface area (Å²) in [7, 11) is 0. The third-order valence-corrected chi connectivity index (χ3v) is 4.68. The van der Waals surface area contributed by atoms with E-state index in [-0.39, 0.29) is 6.61 Å². The van der Waals surface area contributed by atoms with Crippen molar-refractivity contribution in [1.29, 1.82) is 0 Å². The van der Waals surface area contributed by atoms with Gasteiger partial charge in [0.2, 0.25) is 0 Å². The molecule has 2 aliphatic rings. The molecule has 1 aromatic rings. The molecule has 1 spiro atoms. The summed E-state index contributed by atoms with van der Waals surface area (Å²) in [6.45, 7) is 2.18. The molecule has 1 saturated heterocycles. The fourth-order valence-corrected chi connectivity index (χ4v) is 3.44. The molecule has 1 aliphatic heterocycles. The summed E-state index contributed by atoms with van der Waals surface area (Å²) in [4.78, 5) is 2.33. The first kappa shape index (κ1) is 11.9. The molecule has 0 atom stereocenters. The Kier molecular flexibility index (Phi) is 3.20. The van der Waals surface area contributed by atoms with E-state index in [9.17, 15) is 0 Å². The largest absolute Gasteiger partial charge is 0.390 e. The monoisotopic (exact) mass is 247 g/mol. The number of aliphatic hydroxyl groups excluding tert-OH is 1. The van der Waals surface area contributed by atoms with Crippen LogP contribution >= 0.6 is 0 Å². The summed E-state index contributed by atoms with van der Waals surface area (Å²) in [5, 5.41) is 17.2. The van der Waals surface area contributed by atoms with Crippen molar-refractivity contribution < 1.29 is 5.11 Å². The Balaban J connectivity index is 1.64. The van der Waals surface area contributed by atoms with E-state index in [4.69, 9.17) is 5.11 Å². The second-order valence-corrected chi connectivity index (χ2v) is 5.74. The van der Waals surface area contributed by atoms with Crippen LogP contribution in [0, 0.1) is 5.41 Å². The molecule has 1 aliphatic carbocycles. The smallest absolute Gasteiger partial charge is 0.151 e. The van der Waals surface area contributed by atoms with Gasteiger partial charge in [0, 0.05) is 13.1 Å². The summed E-state index contributed by atoms with van der Waals surface area (Å²) < 4.78 is 0. The van der Waals surface area contributed by atoms with Crippen LogP contribution in [0.4, 0.5) is 5.82 Å². The first-order valence-electron chi connectivity index (χ1n) is 7.00. The van der Waals surface area contributed by atoms with Gasteiger partial charge in [-0.3, -0.25) is 0 Å². The number of aliphatic hydroxyl groups is 1. The number of nitrogens with zero attached hydrogens (tertiary/aromatic N) is 3. The minimum absolute atomic E-state index is 0.0314. The summed E-state index contributed by atoms with van der Waals surface area (Å²) in [6, 6.07) is 3.84. The topological polar surface area (TPSA) is 49.2 Å². The Labute approximate surface area is 108 Å². The standard InChI is InChI=1S/C14H21N3O/c18-11-12-3-4-13(16-15-12)17-9-7-14(8-10-17)5-1-2-6-14/h3-4,18H,1-2,5-11H2. The second kappa shape index (κ2) is 4.84. The number of piperidine rings is 1. The molecule has 3 rings (SSSR count). The molecule has 2 fully saturated rings. The van der Waals surface area contributed by atoms with Gasteiger partial charge in [0.05, 0.1) is 12.3 Å². The van der Waals surface area contributed by atoms with E-state index in [1.54, 1.807) is 0 Å². The molecule has 1 N–H and O–H groups in total. The average Bonchev–Trinajstić information content (AvgIpc) is 2.88. The maximum Gasteiger partial charge on any atom is 0.151 e. The molecular formula is C14H21N3O. The van der Waals surface area contributed by atoms with Crippen LogP contribution in [0.1, 0.15) is 44.2 Å². The van der Waals surface area contributed by atoms with Crippen molar-refractivity contribution in [3.05, 3.63) is 17.8 Å². The van der Waals surface area contributed by atoms with Gasteiger partial charge in [-0.05, 0) is 43.2 Å². The molecule has 1 aromatic heterocycles. The van der Waals surface area contributed by atoms with Gasteiger partial charge in [0.25, 0.3) is 0 Å². The summed E-state index contributed by atoms with van der Waals surface area (Å²) in [5.74, 6) is 0.958. The zero-order valence-electron chi connectivity index (χ0n) is 10.8. The molecule has 0 radical (unpaired) electrons. The number of hydrogen-bond donors (Lipinski definition) is 1. The van der Waals surface area contributed by atoms with Crippen LogP contribution in [0.2, 0.25) is 0 Å². The van der Waals surface area contributed by atoms with Crippen LogP contribution in [0.3, 0.4) is 0 Å². The molecule has 98 valence electrons. The SMILES string of the molecule is OCc1ccc(N2CCC3(CCCC3)CC2)nn1. The fraction of sp³-hybridized carbons (Fsp3) is 0.714. The highest BCUT2D eigenvalue weighted by molar-refractivity contribution is 5.38. The zero-order chi connectivity index (χ0) is 12.4. The first-order valence-corrected chi connectivity index (χ1v) is 7.00. The van der Waals surface area contributed by atoms with Crippen molar-refractivity contribution >= 4 is 5.82 Å². The summed E-state index contributed by atoms with van der Waals surface area (Å²) in [5.41, 5.74) is 1.29. The maximum absolute atomic E-state index is 8.96. The normalized spacial score (nSPS) is 22.6. The van der Waals surface area contributed by atoms with Crippen molar-refractivity contribution in [1.82, 2.24) is 10.2 Å². The van der Waals surface area contributed by atoms with Crippen LogP contribution in [0.25, 0.3) is 0 Å². The van der Waals surface area contributed by atoms with Gasteiger partial charge in [-0.25, -0.2) is 0 Å². The highest BCUT2D eigenvalue weighted by atomic mass is 16.3. The lowest BCUT2D eigenvalue weighted by Gasteiger charge is -2.39. The minimum atomic E-state index is -0.0314. The molecule has 4 heteroatoms. The average molecular weight is 247 g/mol. The van der Waals surface area contributed by atoms with E-state index in [0.29, 0.717) is 11.1 Å². The second-order valence-electron chi connectivity index (χ2n) is 5.74. The maximum atomic E-state index is 8.96. The van der Waals surface area contributed by atoms with Gasteiger partial charge in [0.15, 0.2) is 5.82 Å². The van der Waals surface area contributed by atoms with E-state index in [0.717, 1.165) is 18.9 Å². The van der Waals surface area contributed by atoms with Crippen molar-refractivity contribution in [3.63, 3.8) is 0 Å². The number of hydrogen-bond acceptors (Lipinski definition) is 4. The van der Waals surface area contributed by atoms with Gasteiger partial charge in [0.1, 0.15) is 0 Å². The van der Waals surface area contributed by atoms with Crippen LogP contribution in [0.15, 0.2) is 12.1 Å². The molecule has 0 aromatic carbocycles. The Morgan fingerprint density at radius 1 is 1.06 bits per heavy atom. The highest BCUT2D eigenvalue weighted by Gasteiger charge is 2.37. The molecule has 18 heavy (non-hydrogen) atoms. The van der Waals surface area contributed by atoms with Crippen molar-refractivity contribution in [2.45, 2.75) is 45.1 Å². The van der Waals surface area contributed by atoms with Gasteiger partial charge in [-0.1, -0.05) is 12.8 Å². The Morgan fingerprint density at radius 3 is 2.33 bits per heavy atom. The molecule has 0 bridgehead atoms. The summed E-state index contributed by atoms with van der Waals surface area (Å²) >= 11 is 0. The van der Waals surface area contributed by atoms with Gasteiger partial charge < -0.3 is 10.0 Å². The van der Waals surface area contributed by atoms with Gasteiger partial charge in [-0.15, -0.1) is 5.10 Å². The summed E-state index contributed by atoms with van der Waals surface area (Å²) in [6.07, 6.45) is 8.30. The zero-order valence-corrected chi connectivity index (χ0v) is 10.8. The number of aromatic nitrogens is 2. The van der Waals surface area contributed by atoms with Crippen LogP contribution < -0.4 is 4.90 Å². The van der Waals surface area contributed by atoms with E-state index in [1.165, 1.54) is 38.5 Å². The Hall–Kier alpha value is -1.16. The fourth-order valence-electron chi connectivity index (χ4n) is 3.44.